The summed E-state index contributed by atoms with van der Waals surface area (Å²) in [5, 5.41) is 18.6. The van der Waals surface area contributed by atoms with Crippen LogP contribution in [0.5, 0.6) is 5.75 Å². The Hall–Kier alpha value is -4.87. The topological polar surface area (TPSA) is 138 Å². The van der Waals surface area contributed by atoms with Crippen molar-refractivity contribution in [3.8, 4) is 17.0 Å². The Morgan fingerprint density at radius 3 is 2.11 bits per heavy atom. The predicted molar refractivity (Wildman–Crippen MR) is 148 cm³/mol. The monoisotopic (exact) mass is 645 g/mol. The van der Waals surface area contributed by atoms with E-state index in [1.165, 1.54) is 5.56 Å². The van der Waals surface area contributed by atoms with Gasteiger partial charge in [0.1, 0.15) is 5.75 Å². The van der Waals surface area contributed by atoms with Crippen LogP contribution in [0.25, 0.3) is 16.9 Å². The molecule has 4 aromatic rings. The molecule has 1 fully saturated rings. The Kier molecular flexibility index (Phi) is 11.3. The lowest BCUT2D eigenvalue weighted by Crippen LogP contribution is -2.46. The molecule has 3 aromatic heterocycles. The molecule has 12 nitrogen and oxygen atoms in total. The van der Waals surface area contributed by atoms with E-state index in [0.29, 0.717) is 0 Å². The van der Waals surface area contributed by atoms with E-state index in [1.54, 1.807) is 7.11 Å². The second kappa shape index (κ2) is 14.7. The Labute approximate surface area is 252 Å². The smallest absolute Gasteiger partial charge is 0.490 e. The molecule has 0 unspecified atom stereocenters. The fourth-order valence-electron chi connectivity index (χ4n) is 4.16. The van der Waals surface area contributed by atoms with Crippen molar-refractivity contribution in [2.75, 3.05) is 38.2 Å². The minimum absolute atomic E-state index is 0.835. The first-order chi connectivity index (χ1) is 21.1. The van der Waals surface area contributed by atoms with Crippen LogP contribution in [-0.4, -0.2) is 96.8 Å². The van der Waals surface area contributed by atoms with Gasteiger partial charge in [0.15, 0.2) is 11.5 Å². The molecule has 0 atom stereocenters. The summed E-state index contributed by atoms with van der Waals surface area (Å²) in [5.74, 6) is -3.74. The lowest BCUT2D eigenvalue weighted by molar-refractivity contribution is -0.193. The van der Waals surface area contributed by atoms with Crippen LogP contribution >= 0.6 is 0 Å². The summed E-state index contributed by atoms with van der Waals surface area (Å²) in [6.07, 6.45) is -0.305. The molecule has 1 aliphatic rings. The molecule has 5 rings (SSSR count). The maximum Gasteiger partial charge on any atom is 0.490 e. The van der Waals surface area contributed by atoms with Crippen LogP contribution in [0.3, 0.4) is 0 Å². The van der Waals surface area contributed by atoms with Crippen molar-refractivity contribution in [3.63, 3.8) is 0 Å². The standard InChI is InChI=1S/C23H27N7O.2C2HF3O2/c1-3-29-17-18(14-26-29)16-27-9-11-28(12-10-27)22-23-25-15-21(30(23)8-7-24-22)19-5-4-6-20(13-19)31-2;2*3-2(4,5)1(6)7/h4-8,13-15,17H,3,9-12,16H2,1-2H3;2*(H,6,7). The van der Waals surface area contributed by atoms with E-state index < -0.39 is 24.3 Å². The number of nitrogens with zero attached hydrogens (tertiary/aromatic N) is 7. The number of hydrogen-bond acceptors (Lipinski definition) is 8. The summed E-state index contributed by atoms with van der Waals surface area (Å²) in [5.41, 5.74) is 4.26. The number of ether oxygens (including phenoxy) is 1. The third-order valence-corrected chi connectivity index (χ3v) is 6.35. The van der Waals surface area contributed by atoms with E-state index in [-0.39, 0.29) is 0 Å². The molecule has 0 saturated carbocycles. The van der Waals surface area contributed by atoms with Gasteiger partial charge in [-0.25, -0.2) is 19.6 Å². The highest BCUT2D eigenvalue weighted by molar-refractivity contribution is 5.73. The Balaban J connectivity index is 0.000000331. The average molecular weight is 646 g/mol. The lowest BCUT2D eigenvalue weighted by Gasteiger charge is -2.35. The number of carbonyl (C=O) groups is 2. The molecule has 0 bridgehead atoms. The molecule has 0 spiro atoms. The van der Waals surface area contributed by atoms with Crippen LogP contribution in [0.2, 0.25) is 0 Å². The second-order valence-electron chi connectivity index (χ2n) is 9.39. The van der Waals surface area contributed by atoms with Gasteiger partial charge >= 0.3 is 24.3 Å². The summed E-state index contributed by atoms with van der Waals surface area (Å²) in [7, 11) is 1.69. The lowest BCUT2D eigenvalue weighted by atomic mass is 10.1. The second-order valence-corrected chi connectivity index (χ2v) is 9.39. The van der Waals surface area contributed by atoms with Gasteiger partial charge in [-0.05, 0) is 19.1 Å². The number of piperazine rings is 1. The normalized spacial score (nSPS) is 13.8. The molecular weight excluding hydrogens is 616 g/mol. The van der Waals surface area contributed by atoms with Crippen LogP contribution in [0.4, 0.5) is 32.2 Å². The van der Waals surface area contributed by atoms with Crippen LogP contribution in [-0.2, 0) is 22.7 Å². The summed E-state index contributed by atoms with van der Waals surface area (Å²) in [6.45, 7) is 7.79. The number of alkyl halides is 6. The minimum Gasteiger partial charge on any atom is -0.497 e. The first kappa shape index (κ1) is 34.6. The zero-order chi connectivity index (χ0) is 33.4. The van der Waals surface area contributed by atoms with Gasteiger partial charge in [-0.2, -0.15) is 31.4 Å². The molecule has 244 valence electrons. The predicted octanol–water partition coefficient (Wildman–Crippen LogP) is 4.21. The van der Waals surface area contributed by atoms with Crippen molar-refractivity contribution < 1.29 is 50.9 Å². The van der Waals surface area contributed by atoms with Crippen LogP contribution in [0.1, 0.15) is 12.5 Å². The molecule has 18 heteroatoms. The summed E-state index contributed by atoms with van der Waals surface area (Å²) in [4.78, 5) is 32.0. The fourth-order valence-corrected chi connectivity index (χ4v) is 4.16. The zero-order valence-electron chi connectivity index (χ0n) is 24.0. The minimum atomic E-state index is -5.08. The van der Waals surface area contributed by atoms with E-state index in [9.17, 15) is 26.3 Å². The average Bonchev–Trinajstić information content (AvgIpc) is 3.64. The van der Waals surface area contributed by atoms with E-state index >= 15 is 0 Å². The number of rotatable bonds is 6. The van der Waals surface area contributed by atoms with Gasteiger partial charge in [0.2, 0.25) is 0 Å². The van der Waals surface area contributed by atoms with Gasteiger partial charge in [-0.3, -0.25) is 14.0 Å². The van der Waals surface area contributed by atoms with E-state index in [1.807, 2.05) is 47.7 Å². The van der Waals surface area contributed by atoms with Gasteiger partial charge in [-0.1, -0.05) is 12.1 Å². The quantitative estimate of drug-likeness (QED) is 0.294. The SMILES string of the molecule is CCn1cc(CN2CCN(c3nccn4c(-c5cccc(OC)c5)cnc34)CC2)cn1.O=C(O)C(F)(F)F.O=C(O)C(F)(F)F. The molecule has 4 heterocycles. The summed E-state index contributed by atoms with van der Waals surface area (Å²) in [6, 6.07) is 8.06. The van der Waals surface area contributed by atoms with Crippen molar-refractivity contribution in [1.82, 2.24) is 29.0 Å². The summed E-state index contributed by atoms with van der Waals surface area (Å²) < 4.78 is 73.0. The molecule has 0 radical (unpaired) electrons. The molecule has 2 N–H and O–H groups in total. The Morgan fingerprint density at radius 1 is 0.956 bits per heavy atom. The molecule has 0 amide bonds. The molecule has 45 heavy (non-hydrogen) atoms. The number of anilines is 1. The maximum atomic E-state index is 10.6. The van der Waals surface area contributed by atoms with Crippen LogP contribution < -0.4 is 9.64 Å². The number of hydrogen-bond donors (Lipinski definition) is 2. The van der Waals surface area contributed by atoms with Crippen LogP contribution in [0, 0.1) is 0 Å². The Bertz CT molecular complexity index is 1560. The highest BCUT2D eigenvalue weighted by Crippen LogP contribution is 2.28. The Morgan fingerprint density at radius 2 is 1.58 bits per heavy atom. The number of aromatic nitrogens is 5. The maximum absolute atomic E-state index is 10.6. The van der Waals surface area contributed by atoms with Crippen molar-refractivity contribution in [2.24, 2.45) is 0 Å². The number of aryl methyl sites for hydroxylation is 1. The highest BCUT2D eigenvalue weighted by atomic mass is 19.4. The fraction of sp³-hybridized carbons (Fsp3) is 0.370. The number of methoxy groups -OCH3 is 1. The molecule has 1 aliphatic heterocycles. The number of carboxylic acid groups (broad SMARTS) is 2. The number of carboxylic acids is 2. The molecule has 0 aliphatic carbocycles. The van der Waals surface area contributed by atoms with Crippen molar-refractivity contribution in [2.45, 2.75) is 32.4 Å². The van der Waals surface area contributed by atoms with Crippen molar-refractivity contribution in [3.05, 3.63) is 60.8 Å². The molecule has 1 aromatic carbocycles. The van der Waals surface area contributed by atoms with Crippen molar-refractivity contribution >= 4 is 23.4 Å². The van der Waals surface area contributed by atoms with Gasteiger partial charge in [0, 0.05) is 69.0 Å². The number of fused-ring (bicyclic) bond motifs is 1. The number of benzene rings is 1. The van der Waals surface area contributed by atoms with Crippen LogP contribution in [0.15, 0.2) is 55.2 Å². The van der Waals surface area contributed by atoms with E-state index in [4.69, 9.17) is 29.5 Å². The van der Waals surface area contributed by atoms with Gasteiger partial charge in [0.05, 0.1) is 25.2 Å². The van der Waals surface area contributed by atoms with Gasteiger partial charge < -0.3 is 19.8 Å². The molecule has 1 saturated heterocycles. The summed E-state index contributed by atoms with van der Waals surface area (Å²) >= 11 is 0. The van der Waals surface area contributed by atoms with E-state index in [0.717, 1.165) is 67.7 Å². The first-order valence-electron chi connectivity index (χ1n) is 13.2. The van der Waals surface area contributed by atoms with E-state index in [2.05, 4.69) is 43.5 Å². The first-order valence-corrected chi connectivity index (χ1v) is 13.2. The number of aliphatic carboxylic acids is 2. The third-order valence-electron chi connectivity index (χ3n) is 6.35. The van der Waals surface area contributed by atoms with Gasteiger partial charge in [-0.15, -0.1) is 0 Å². The van der Waals surface area contributed by atoms with Gasteiger partial charge in [0.25, 0.3) is 0 Å². The zero-order valence-corrected chi connectivity index (χ0v) is 24.0. The molecular formula is C27H29F6N7O5. The number of imidazole rings is 1. The number of halogens is 6. The highest BCUT2D eigenvalue weighted by Gasteiger charge is 2.38. The van der Waals surface area contributed by atoms with Crippen molar-refractivity contribution in [1.29, 1.82) is 0 Å². The third kappa shape index (κ3) is 9.56. The largest absolute Gasteiger partial charge is 0.497 e.